The normalized spacial score (nSPS) is 10.7. The number of ether oxygens (including phenoxy) is 1. The predicted octanol–water partition coefficient (Wildman–Crippen LogP) is 1.94. The highest BCUT2D eigenvalue weighted by Gasteiger charge is 2.23. The van der Waals surface area contributed by atoms with E-state index >= 15 is 0 Å². The molecular weight excluding hydrogens is 242 g/mol. The first-order valence-electron chi connectivity index (χ1n) is 6.66. The van der Waals surface area contributed by atoms with Crippen LogP contribution in [0, 0.1) is 0 Å². The Balaban J connectivity index is 2.92. The summed E-state index contributed by atoms with van der Waals surface area (Å²) in [6.07, 6.45) is 1.82. The number of nitrogen functional groups attached to an aromatic ring is 1. The average Bonchev–Trinajstić information content (AvgIpc) is 2.43. The van der Waals surface area contributed by atoms with Crippen LogP contribution in [-0.4, -0.2) is 42.1 Å². The van der Waals surface area contributed by atoms with Crippen molar-refractivity contribution in [2.24, 2.45) is 0 Å². The molecule has 5 heteroatoms. The lowest BCUT2D eigenvalue weighted by atomic mass is 10.1. The molecule has 0 fully saturated rings. The van der Waals surface area contributed by atoms with Crippen molar-refractivity contribution in [3.05, 3.63) is 23.9 Å². The first-order chi connectivity index (χ1) is 9.13. The molecule has 1 aromatic rings. The number of carbonyl (C=O) groups excluding carboxylic acids is 1. The third-order valence-corrected chi connectivity index (χ3v) is 3.17. The Labute approximate surface area is 114 Å². The summed E-state index contributed by atoms with van der Waals surface area (Å²) in [6.45, 7) is 5.24. The summed E-state index contributed by atoms with van der Waals surface area (Å²) in [5.41, 5.74) is 6.02. The van der Waals surface area contributed by atoms with E-state index in [4.69, 9.17) is 10.5 Å². The Morgan fingerprint density at radius 1 is 1.42 bits per heavy atom. The second-order valence-corrected chi connectivity index (χ2v) is 4.41. The average molecular weight is 265 g/mol. The van der Waals surface area contributed by atoms with Gasteiger partial charge in [0.15, 0.2) is 0 Å². The summed E-state index contributed by atoms with van der Waals surface area (Å²) in [6, 6.07) is 5.32. The number of methoxy groups -OCH3 is 1. The summed E-state index contributed by atoms with van der Waals surface area (Å²) >= 11 is 0. The van der Waals surface area contributed by atoms with Crippen LogP contribution in [0.4, 0.5) is 5.82 Å². The molecule has 0 bridgehead atoms. The highest BCUT2D eigenvalue weighted by Crippen LogP contribution is 2.13. The maximum absolute atomic E-state index is 12.5. The molecule has 0 saturated carbocycles. The van der Waals surface area contributed by atoms with Gasteiger partial charge < -0.3 is 15.4 Å². The monoisotopic (exact) mass is 265 g/mol. The number of pyridine rings is 1. The largest absolute Gasteiger partial charge is 0.384 e. The first kappa shape index (κ1) is 15.4. The van der Waals surface area contributed by atoms with Crippen molar-refractivity contribution in [2.75, 3.05) is 26.0 Å². The van der Waals surface area contributed by atoms with Crippen LogP contribution in [0.2, 0.25) is 0 Å². The number of nitrogens with two attached hydrogens (primary N) is 1. The van der Waals surface area contributed by atoms with Gasteiger partial charge in [-0.05, 0) is 25.0 Å². The molecule has 1 aromatic heterocycles. The lowest BCUT2D eigenvalue weighted by Crippen LogP contribution is -2.42. The van der Waals surface area contributed by atoms with Gasteiger partial charge in [0, 0.05) is 19.7 Å². The van der Waals surface area contributed by atoms with E-state index in [9.17, 15) is 4.79 Å². The zero-order valence-electron chi connectivity index (χ0n) is 11.9. The predicted molar refractivity (Wildman–Crippen MR) is 75.9 cm³/mol. The number of carbonyl (C=O) groups is 1. The molecule has 1 heterocycles. The number of rotatable bonds is 7. The fraction of sp³-hybridized carbons (Fsp3) is 0.571. The van der Waals surface area contributed by atoms with Gasteiger partial charge in [0.2, 0.25) is 0 Å². The lowest BCUT2D eigenvalue weighted by Gasteiger charge is -2.30. The molecule has 0 aliphatic rings. The minimum absolute atomic E-state index is 0.0851. The van der Waals surface area contributed by atoms with Gasteiger partial charge in [0.05, 0.1) is 6.61 Å². The molecule has 5 nitrogen and oxygen atoms in total. The molecule has 0 radical (unpaired) electrons. The molecule has 106 valence electrons. The van der Waals surface area contributed by atoms with Gasteiger partial charge in [-0.25, -0.2) is 4.98 Å². The highest BCUT2D eigenvalue weighted by molar-refractivity contribution is 5.92. The summed E-state index contributed by atoms with van der Waals surface area (Å²) in [7, 11) is 1.63. The molecule has 0 aromatic carbocycles. The quantitative estimate of drug-likeness (QED) is 0.818. The van der Waals surface area contributed by atoms with Crippen LogP contribution in [0.5, 0.6) is 0 Å². The minimum atomic E-state index is -0.0851. The lowest BCUT2D eigenvalue weighted by molar-refractivity contribution is 0.0584. The van der Waals surface area contributed by atoms with E-state index in [1.54, 1.807) is 25.3 Å². The molecule has 0 atom stereocenters. The van der Waals surface area contributed by atoms with Gasteiger partial charge in [-0.1, -0.05) is 19.9 Å². The maximum atomic E-state index is 12.5. The van der Waals surface area contributed by atoms with E-state index in [2.05, 4.69) is 18.8 Å². The fourth-order valence-electron chi connectivity index (χ4n) is 2.09. The first-order valence-corrected chi connectivity index (χ1v) is 6.66. The van der Waals surface area contributed by atoms with E-state index in [1.807, 2.05) is 4.90 Å². The second kappa shape index (κ2) is 7.74. The van der Waals surface area contributed by atoms with Crippen molar-refractivity contribution in [2.45, 2.75) is 32.7 Å². The van der Waals surface area contributed by atoms with Crippen LogP contribution in [0.15, 0.2) is 18.2 Å². The Morgan fingerprint density at radius 3 is 2.63 bits per heavy atom. The minimum Gasteiger partial charge on any atom is -0.384 e. The van der Waals surface area contributed by atoms with Gasteiger partial charge in [-0.2, -0.15) is 0 Å². The van der Waals surface area contributed by atoms with Crippen LogP contribution in [0.1, 0.15) is 37.2 Å². The second-order valence-electron chi connectivity index (χ2n) is 4.41. The molecule has 19 heavy (non-hydrogen) atoms. The summed E-state index contributed by atoms with van der Waals surface area (Å²) < 4.78 is 5.08. The Bertz CT molecular complexity index is 405. The van der Waals surface area contributed by atoms with E-state index < -0.39 is 0 Å². The number of anilines is 1. The maximum Gasteiger partial charge on any atom is 0.272 e. The molecule has 0 spiro atoms. The number of amides is 1. The van der Waals surface area contributed by atoms with E-state index in [0.717, 1.165) is 12.8 Å². The van der Waals surface area contributed by atoms with Gasteiger partial charge in [-0.3, -0.25) is 4.79 Å². The molecule has 0 aliphatic heterocycles. The van der Waals surface area contributed by atoms with Crippen LogP contribution in [0.25, 0.3) is 0 Å². The topological polar surface area (TPSA) is 68.5 Å². The van der Waals surface area contributed by atoms with Crippen LogP contribution < -0.4 is 5.73 Å². The number of hydrogen-bond donors (Lipinski definition) is 1. The third kappa shape index (κ3) is 4.21. The molecule has 1 rings (SSSR count). The molecule has 0 saturated heterocycles. The van der Waals surface area contributed by atoms with Crippen molar-refractivity contribution < 1.29 is 9.53 Å². The van der Waals surface area contributed by atoms with E-state index in [-0.39, 0.29) is 11.9 Å². The van der Waals surface area contributed by atoms with Gasteiger partial charge in [-0.15, -0.1) is 0 Å². The summed E-state index contributed by atoms with van der Waals surface area (Å²) in [5, 5.41) is 0. The zero-order valence-corrected chi connectivity index (χ0v) is 11.9. The zero-order chi connectivity index (χ0) is 14.3. The smallest absolute Gasteiger partial charge is 0.272 e. The fourth-order valence-corrected chi connectivity index (χ4v) is 2.09. The van der Waals surface area contributed by atoms with E-state index in [0.29, 0.717) is 24.7 Å². The van der Waals surface area contributed by atoms with Gasteiger partial charge >= 0.3 is 0 Å². The summed E-state index contributed by atoms with van der Waals surface area (Å²) in [5.74, 6) is 0.278. The Morgan fingerprint density at radius 2 is 2.11 bits per heavy atom. The van der Waals surface area contributed by atoms with Gasteiger partial charge in [0.1, 0.15) is 11.5 Å². The van der Waals surface area contributed by atoms with Crippen molar-refractivity contribution in [1.82, 2.24) is 9.88 Å². The third-order valence-electron chi connectivity index (χ3n) is 3.17. The van der Waals surface area contributed by atoms with Crippen molar-refractivity contribution >= 4 is 11.7 Å². The Kier molecular flexibility index (Phi) is 6.29. The SMILES string of the molecule is CCC(CC)N(CCOC)C(=O)c1cccc(N)n1. The molecular formula is C14H23N3O2. The number of nitrogens with zero attached hydrogens (tertiary/aromatic N) is 2. The molecule has 1 amide bonds. The van der Waals surface area contributed by atoms with Crippen LogP contribution in [0.3, 0.4) is 0 Å². The van der Waals surface area contributed by atoms with Gasteiger partial charge in [0.25, 0.3) is 5.91 Å². The van der Waals surface area contributed by atoms with Crippen molar-refractivity contribution in [1.29, 1.82) is 0 Å². The Hall–Kier alpha value is -1.62. The highest BCUT2D eigenvalue weighted by atomic mass is 16.5. The molecule has 2 N–H and O–H groups in total. The van der Waals surface area contributed by atoms with Crippen molar-refractivity contribution in [3.8, 4) is 0 Å². The van der Waals surface area contributed by atoms with Crippen molar-refractivity contribution in [3.63, 3.8) is 0 Å². The molecule has 0 unspecified atom stereocenters. The van der Waals surface area contributed by atoms with Crippen LogP contribution in [-0.2, 0) is 4.74 Å². The van der Waals surface area contributed by atoms with Crippen LogP contribution >= 0.6 is 0 Å². The van der Waals surface area contributed by atoms with E-state index in [1.165, 1.54) is 0 Å². The molecule has 0 aliphatic carbocycles. The number of aromatic nitrogens is 1. The standard InChI is InChI=1S/C14H23N3O2/c1-4-11(5-2)17(9-10-19-3)14(18)12-7-6-8-13(15)16-12/h6-8,11H,4-5,9-10H2,1-3H3,(H2,15,16). The number of hydrogen-bond acceptors (Lipinski definition) is 4. The summed E-state index contributed by atoms with van der Waals surface area (Å²) in [4.78, 5) is 18.4.